The van der Waals surface area contributed by atoms with E-state index in [2.05, 4.69) is 30.9 Å². The van der Waals surface area contributed by atoms with Crippen molar-refractivity contribution < 1.29 is 24.3 Å². The van der Waals surface area contributed by atoms with E-state index in [-0.39, 0.29) is 19.3 Å². The molecule has 14 nitrogen and oxygen atoms in total. The molecule has 0 saturated carbocycles. The molecule has 2 aromatic heterocycles. The second-order valence-electron chi connectivity index (χ2n) is 10.5. The van der Waals surface area contributed by atoms with E-state index in [0.717, 1.165) is 22.9 Å². The fourth-order valence-corrected chi connectivity index (χ4v) is 4.77. The maximum atomic E-state index is 13.7. The molecule has 1 aromatic carbocycles. The minimum absolute atomic E-state index is 0.0220. The first-order valence-corrected chi connectivity index (χ1v) is 14.5. The Morgan fingerprint density at radius 2 is 1.47 bits per heavy atom. The fraction of sp³-hybridized carbons (Fsp3) is 0.483. The highest BCUT2D eigenvalue weighted by atomic mass is 16.4. The van der Waals surface area contributed by atoms with E-state index in [0.29, 0.717) is 44.5 Å². The Balaban J connectivity index is 1.80. The third-order valence-corrected chi connectivity index (χ3v) is 7.21. The number of imidazole rings is 1. The van der Waals surface area contributed by atoms with Crippen LogP contribution < -0.4 is 33.2 Å². The van der Waals surface area contributed by atoms with E-state index in [1.165, 1.54) is 12.5 Å². The number of para-hydroxylation sites is 1. The maximum Gasteiger partial charge on any atom is 0.326 e. The number of rotatable bonds is 19. The molecule has 12 N–H and O–H groups in total. The normalized spacial score (nSPS) is 14.0. The Morgan fingerprint density at radius 1 is 0.814 bits per heavy atom. The van der Waals surface area contributed by atoms with Gasteiger partial charge in [-0.3, -0.25) is 14.4 Å². The molecule has 0 saturated heterocycles. The highest BCUT2D eigenvalue weighted by molar-refractivity contribution is 5.95. The van der Waals surface area contributed by atoms with Crippen LogP contribution >= 0.6 is 0 Å². The van der Waals surface area contributed by atoms with E-state index in [9.17, 15) is 24.3 Å². The Hall–Kier alpha value is -4.27. The number of carboxylic acid groups (broad SMARTS) is 1. The lowest BCUT2D eigenvalue weighted by atomic mass is 10.0. The SMILES string of the molecule is NCCCCC(N)C(=O)NC(Cc1c[nH]c2ccccc12)C(=O)NC(CCCCN)C(=O)NC(Cc1cnc[nH]1)C(=O)O. The van der Waals surface area contributed by atoms with Crippen LogP contribution in [0.4, 0.5) is 0 Å². The number of aromatic nitrogens is 3. The van der Waals surface area contributed by atoms with Crippen LogP contribution in [0.2, 0.25) is 0 Å². The number of unbranched alkanes of at least 4 members (excludes halogenated alkanes) is 2. The van der Waals surface area contributed by atoms with E-state index in [4.69, 9.17) is 17.2 Å². The topological polar surface area (TPSA) is 247 Å². The fourth-order valence-electron chi connectivity index (χ4n) is 4.77. The minimum atomic E-state index is -1.25. The standard InChI is InChI=1S/C29H43N9O5/c30-11-5-3-8-21(32)26(39)37-24(13-18-15-34-22-9-2-1-7-20(18)22)28(41)36-23(10-4-6-12-31)27(40)38-25(29(42)43)14-19-16-33-17-35-19/h1-2,7,9,15-17,21,23-25,34H,3-6,8,10-14,30-32H2,(H,33,35)(H,36,41)(H,37,39)(H,38,40)(H,42,43). The lowest BCUT2D eigenvalue weighted by molar-refractivity contribution is -0.142. The van der Waals surface area contributed by atoms with Gasteiger partial charge in [0, 0.05) is 41.8 Å². The van der Waals surface area contributed by atoms with Gasteiger partial charge in [0.25, 0.3) is 0 Å². The second kappa shape index (κ2) is 17.0. The van der Waals surface area contributed by atoms with Crippen molar-refractivity contribution >= 4 is 34.6 Å². The number of amides is 3. The molecule has 4 unspecified atom stereocenters. The summed E-state index contributed by atoms with van der Waals surface area (Å²) in [6.45, 7) is 0.874. The molecule has 234 valence electrons. The van der Waals surface area contributed by atoms with Crippen molar-refractivity contribution in [3.8, 4) is 0 Å². The number of carbonyl (C=O) groups is 4. The summed E-state index contributed by atoms with van der Waals surface area (Å²) in [7, 11) is 0. The summed E-state index contributed by atoms with van der Waals surface area (Å²) >= 11 is 0. The number of fused-ring (bicyclic) bond motifs is 1. The van der Waals surface area contributed by atoms with Crippen LogP contribution in [0.15, 0.2) is 43.0 Å². The highest BCUT2D eigenvalue weighted by Crippen LogP contribution is 2.19. The van der Waals surface area contributed by atoms with Crippen LogP contribution in [-0.4, -0.2) is 81.0 Å². The van der Waals surface area contributed by atoms with Crippen LogP contribution in [-0.2, 0) is 32.0 Å². The van der Waals surface area contributed by atoms with E-state index < -0.39 is 47.9 Å². The van der Waals surface area contributed by atoms with Gasteiger partial charge < -0.3 is 48.2 Å². The Morgan fingerprint density at radius 3 is 2.14 bits per heavy atom. The highest BCUT2D eigenvalue weighted by Gasteiger charge is 2.31. The summed E-state index contributed by atoms with van der Waals surface area (Å²) in [5.41, 5.74) is 19.5. The molecular weight excluding hydrogens is 554 g/mol. The Kier molecular flexibility index (Phi) is 13.1. The summed E-state index contributed by atoms with van der Waals surface area (Å²) in [5.74, 6) is -2.98. The Labute approximate surface area is 249 Å². The number of nitrogens with one attached hydrogen (secondary N) is 5. The van der Waals surface area contributed by atoms with Crippen LogP contribution in [0.1, 0.15) is 49.8 Å². The molecule has 3 rings (SSSR count). The van der Waals surface area contributed by atoms with Gasteiger partial charge in [0.05, 0.1) is 12.4 Å². The molecule has 14 heteroatoms. The maximum absolute atomic E-state index is 13.7. The van der Waals surface area contributed by atoms with Crippen molar-refractivity contribution in [3.63, 3.8) is 0 Å². The monoisotopic (exact) mass is 597 g/mol. The summed E-state index contributed by atoms with van der Waals surface area (Å²) in [4.78, 5) is 61.9. The number of carbonyl (C=O) groups excluding carboxylic acids is 3. The average Bonchev–Trinajstić information content (AvgIpc) is 3.66. The van der Waals surface area contributed by atoms with Crippen molar-refractivity contribution in [1.29, 1.82) is 0 Å². The molecule has 0 aliphatic rings. The lowest BCUT2D eigenvalue weighted by Gasteiger charge is -2.25. The van der Waals surface area contributed by atoms with Crippen LogP contribution in [0.3, 0.4) is 0 Å². The predicted octanol–water partition coefficient (Wildman–Crippen LogP) is -0.199. The third-order valence-electron chi connectivity index (χ3n) is 7.21. The first kappa shape index (κ1) is 33.2. The molecule has 3 aromatic rings. The molecule has 3 amide bonds. The number of nitrogens with zero attached hydrogens (tertiary/aromatic N) is 1. The van der Waals surface area contributed by atoms with Gasteiger partial charge in [0.1, 0.15) is 18.1 Å². The van der Waals surface area contributed by atoms with Crippen LogP contribution in [0, 0.1) is 0 Å². The number of benzene rings is 1. The number of hydrogen-bond donors (Lipinski definition) is 9. The van der Waals surface area contributed by atoms with Gasteiger partial charge in [0.2, 0.25) is 17.7 Å². The molecule has 0 spiro atoms. The molecular formula is C29H43N9O5. The van der Waals surface area contributed by atoms with Gasteiger partial charge in [-0.15, -0.1) is 0 Å². The zero-order valence-corrected chi connectivity index (χ0v) is 24.2. The zero-order valence-electron chi connectivity index (χ0n) is 24.2. The molecule has 0 aliphatic heterocycles. The summed E-state index contributed by atoms with van der Waals surface area (Å²) in [5, 5.41) is 18.7. The third kappa shape index (κ3) is 10.2. The largest absolute Gasteiger partial charge is 0.480 e. The van der Waals surface area contributed by atoms with Gasteiger partial charge in [-0.1, -0.05) is 24.6 Å². The number of carboxylic acids is 1. The van der Waals surface area contributed by atoms with E-state index in [1.807, 2.05) is 24.3 Å². The van der Waals surface area contributed by atoms with Crippen molar-refractivity contribution in [1.82, 2.24) is 30.9 Å². The molecule has 0 fully saturated rings. The Bertz CT molecular complexity index is 1330. The van der Waals surface area contributed by atoms with E-state index >= 15 is 0 Å². The quantitative estimate of drug-likeness (QED) is 0.0829. The summed E-state index contributed by atoms with van der Waals surface area (Å²) in [6, 6.07) is 3.35. The van der Waals surface area contributed by atoms with Gasteiger partial charge in [-0.25, -0.2) is 9.78 Å². The van der Waals surface area contributed by atoms with Gasteiger partial charge in [-0.05, 0) is 56.8 Å². The number of hydrogen-bond acceptors (Lipinski definition) is 8. The van der Waals surface area contributed by atoms with Crippen molar-refractivity contribution in [2.45, 2.75) is 75.5 Å². The second-order valence-corrected chi connectivity index (χ2v) is 10.5. The van der Waals surface area contributed by atoms with Crippen LogP contribution in [0.25, 0.3) is 10.9 Å². The van der Waals surface area contributed by atoms with Crippen molar-refractivity contribution in [3.05, 3.63) is 54.2 Å². The minimum Gasteiger partial charge on any atom is -0.480 e. The van der Waals surface area contributed by atoms with Gasteiger partial charge in [0.15, 0.2) is 0 Å². The van der Waals surface area contributed by atoms with E-state index in [1.54, 1.807) is 6.20 Å². The molecule has 0 bridgehead atoms. The molecule has 4 atom stereocenters. The zero-order chi connectivity index (χ0) is 31.2. The van der Waals surface area contributed by atoms with Crippen molar-refractivity contribution in [2.75, 3.05) is 13.1 Å². The van der Waals surface area contributed by atoms with Gasteiger partial charge >= 0.3 is 5.97 Å². The molecule has 43 heavy (non-hydrogen) atoms. The number of nitrogens with two attached hydrogens (primary N) is 3. The summed E-state index contributed by atoms with van der Waals surface area (Å²) < 4.78 is 0. The lowest BCUT2D eigenvalue weighted by Crippen LogP contribution is -2.57. The van der Waals surface area contributed by atoms with Gasteiger partial charge in [-0.2, -0.15) is 0 Å². The van der Waals surface area contributed by atoms with Crippen molar-refractivity contribution in [2.24, 2.45) is 17.2 Å². The molecule has 2 heterocycles. The average molecular weight is 598 g/mol. The van der Waals surface area contributed by atoms with Crippen LogP contribution in [0.5, 0.6) is 0 Å². The summed E-state index contributed by atoms with van der Waals surface area (Å²) in [6.07, 6.45) is 7.89. The predicted molar refractivity (Wildman–Crippen MR) is 162 cm³/mol. The smallest absolute Gasteiger partial charge is 0.326 e. The number of aromatic amines is 2. The first-order chi connectivity index (χ1) is 20.7. The first-order valence-electron chi connectivity index (χ1n) is 14.5. The molecule has 0 radical (unpaired) electrons. The molecule has 0 aliphatic carbocycles. The number of aliphatic carboxylic acids is 1. The number of H-pyrrole nitrogens is 2.